The fraction of sp³-hybridized carbons (Fsp3) is 1.00. The van der Waals surface area contributed by atoms with Gasteiger partial charge in [0.1, 0.15) is 0 Å². The largest absolute Gasteiger partial charge is 0.246 e. The van der Waals surface area contributed by atoms with E-state index in [0.29, 0.717) is 6.04 Å². The van der Waals surface area contributed by atoms with Crippen LogP contribution in [0.25, 0.3) is 0 Å². The fourth-order valence-electron chi connectivity index (χ4n) is 0.746. The molecule has 5 N–H and O–H groups in total. The van der Waals surface area contributed by atoms with Gasteiger partial charge >= 0.3 is 0 Å². The van der Waals surface area contributed by atoms with Crippen LogP contribution in [0, 0.1) is 5.92 Å². The summed E-state index contributed by atoms with van der Waals surface area (Å²) in [7, 11) is 1.79. The number of hydrogen-bond acceptors (Lipinski definition) is 5. The maximum absolute atomic E-state index is 3.08. The Morgan fingerprint density at radius 1 is 1.20 bits per heavy atom. The Balaban J connectivity index is 1.78. The van der Waals surface area contributed by atoms with Crippen LogP contribution < -0.4 is 27.5 Å². The standard InChI is InChI=1S/C5H15N5/c1-4-3-5(4)7-9-10-8-6-2/h4-10H,3H2,1-2H3. The van der Waals surface area contributed by atoms with Crippen LogP contribution in [-0.2, 0) is 0 Å². The molecule has 2 atom stereocenters. The minimum Gasteiger partial charge on any atom is -0.246 e. The van der Waals surface area contributed by atoms with Gasteiger partial charge in [-0.25, -0.2) is 10.9 Å². The molecule has 60 valence electrons. The third-order valence-electron chi connectivity index (χ3n) is 1.62. The lowest BCUT2D eigenvalue weighted by Gasteiger charge is -2.07. The van der Waals surface area contributed by atoms with Gasteiger partial charge in [0, 0.05) is 6.04 Å². The Bertz CT molecular complexity index is 96.0. The van der Waals surface area contributed by atoms with Gasteiger partial charge in [-0.1, -0.05) is 6.92 Å². The molecule has 1 aliphatic rings. The lowest BCUT2D eigenvalue weighted by Crippen LogP contribution is -2.55. The van der Waals surface area contributed by atoms with Crippen LogP contribution >= 0.6 is 0 Å². The number of hydrogen-bond donors (Lipinski definition) is 5. The zero-order valence-corrected chi connectivity index (χ0v) is 6.36. The lowest BCUT2D eigenvalue weighted by molar-refractivity contribution is 0.334. The highest BCUT2D eigenvalue weighted by atomic mass is 15.8. The number of hydrazine groups is 4. The molecule has 5 heteroatoms. The summed E-state index contributed by atoms with van der Waals surface area (Å²) in [6.07, 6.45) is 1.26. The van der Waals surface area contributed by atoms with Gasteiger partial charge in [0.2, 0.25) is 0 Å². The molecule has 5 nitrogen and oxygen atoms in total. The summed E-state index contributed by atoms with van der Waals surface area (Å²) in [5, 5.41) is 0. The Hall–Kier alpha value is -0.200. The molecule has 10 heavy (non-hydrogen) atoms. The summed E-state index contributed by atoms with van der Waals surface area (Å²) in [6.45, 7) is 2.21. The van der Waals surface area contributed by atoms with Gasteiger partial charge in [0.25, 0.3) is 0 Å². The van der Waals surface area contributed by atoms with Gasteiger partial charge in [0.15, 0.2) is 0 Å². The van der Waals surface area contributed by atoms with Crippen LogP contribution in [0.5, 0.6) is 0 Å². The molecule has 0 spiro atoms. The Morgan fingerprint density at radius 3 is 2.40 bits per heavy atom. The summed E-state index contributed by atoms with van der Waals surface area (Å²) >= 11 is 0. The maximum Gasteiger partial charge on any atom is 0.0255 e. The highest BCUT2D eigenvalue weighted by Crippen LogP contribution is 2.27. The number of rotatable bonds is 5. The quantitative estimate of drug-likeness (QED) is 0.244. The Kier molecular flexibility index (Phi) is 3.04. The zero-order valence-electron chi connectivity index (χ0n) is 6.36. The van der Waals surface area contributed by atoms with Gasteiger partial charge in [-0.15, -0.1) is 0 Å². The first-order valence-corrected chi connectivity index (χ1v) is 3.52. The lowest BCUT2D eigenvalue weighted by atomic mass is 10.5. The highest BCUT2D eigenvalue weighted by Gasteiger charge is 2.31. The van der Waals surface area contributed by atoms with Crippen molar-refractivity contribution in [3.05, 3.63) is 0 Å². The van der Waals surface area contributed by atoms with E-state index in [1.807, 2.05) is 0 Å². The van der Waals surface area contributed by atoms with Crippen molar-refractivity contribution in [2.75, 3.05) is 7.05 Å². The van der Waals surface area contributed by atoms with E-state index in [2.05, 4.69) is 34.4 Å². The first-order valence-electron chi connectivity index (χ1n) is 3.52. The molecule has 1 saturated carbocycles. The van der Waals surface area contributed by atoms with Crippen molar-refractivity contribution in [1.29, 1.82) is 0 Å². The van der Waals surface area contributed by atoms with Gasteiger partial charge in [-0.3, -0.25) is 0 Å². The highest BCUT2D eigenvalue weighted by molar-refractivity contribution is 4.87. The molecule has 0 saturated heterocycles. The van der Waals surface area contributed by atoms with E-state index in [9.17, 15) is 0 Å². The van der Waals surface area contributed by atoms with E-state index < -0.39 is 0 Å². The van der Waals surface area contributed by atoms with Crippen molar-refractivity contribution in [1.82, 2.24) is 27.5 Å². The van der Waals surface area contributed by atoms with Crippen LogP contribution in [0.15, 0.2) is 0 Å². The second-order valence-corrected chi connectivity index (χ2v) is 2.59. The van der Waals surface area contributed by atoms with E-state index in [0.717, 1.165) is 5.92 Å². The van der Waals surface area contributed by atoms with Gasteiger partial charge in [-0.2, -0.15) is 16.6 Å². The fourth-order valence-corrected chi connectivity index (χ4v) is 0.746. The summed E-state index contributed by atoms with van der Waals surface area (Å²) < 4.78 is 0. The van der Waals surface area contributed by atoms with Crippen molar-refractivity contribution in [2.24, 2.45) is 5.92 Å². The summed E-state index contributed by atoms with van der Waals surface area (Å²) in [5.41, 5.74) is 14.0. The van der Waals surface area contributed by atoms with Crippen molar-refractivity contribution in [3.8, 4) is 0 Å². The first kappa shape index (κ1) is 7.90. The molecule has 1 fully saturated rings. The third kappa shape index (κ3) is 2.59. The van der Waals surface area contributed by atoms with Crippen LogP contribution in [0.2, 0.25) is 0 Å². The third-order valence-corrected chi connectivity index (χ3v) is 1.62. The molecule has 0 aliphatic heterocycles. The van der Waals surface area contributed by atoms with E-state index in [-0.39, 0.29) is 0 Å². The van der Waals surface area contributed by atoms with E-state index >= 15 is 0 Å². The smallest absolute Gasteiger partial charge is 0.0255 e. The van der Waals surface area contributed by atoms with Gasteiger partial charge < -0.3 is 0 Å². The molecule has 0 aromatic heterocycles. The molecule has 0 heterocycles. The average Bonchev–Trinajstić information content (AvgIpc) is 2.60. The summed E-state index contributed by atoms with van der Waals surface area (Å²) in [5.74, 6) is 0.809. The molecule has 1 aliphatic carbocycles. The number of nitrogens with one attached hydrogen (secondary N) is 5. The SMILES string of the molecule is CNNNNNC1CC1C. The molecule has 0 aromatic rings. The summed E-state index contributed by atoms with van der Waals surface area (Å²) in [6, 6.07) is 0.631. The Labute approximate surface area is 60.8 Å². The minimum absolute atomic E-state index is 0.631. The van der Waals surface area contributed by atoms with E-state index in [1.165, 1.54) is 6.42 Å². The predicted octanol–water partition coefficient (Wildman–Crippen LogP) is -1.37. The Morgan fingerprint density at radius 2 is 1.90 bits per heavy atom. The minimum atomic E-state index is 0.631. The maximum atomic E-state index is 3.08. The van der Waals surface area contributed by atoms with Crippen LogP contribution in [0.4, 0.5) is 0 Å². The van der Waals surface area contributed by atoms with Gasteiger partial charge in [-0.05, 0) is 19.4 Å². The second kappa shape index (κ2) is 3.85. The molecule has 0 radical (unpaired) electrons. The van der Waals surface area contributed by atoms with Crippen molar-refractivity contribution in [3.63, 3.8) is 0 Å². The molecular weight excluding hydrogens is 130 g/mol. The topological polar surface area (TPSA) is 60.1 Å². The molecule has 0 amide bonds. The normalized spacial score (nSPS) is 30.6. The molecule has 2 unspecified atom stereocenters. The zero-order chi connectivity index (χ0) is 7.40. The van der Waals surface area contributed by atoms with E-state index in [4.69, 9.17) is 0 Å². The van der Waals surface area contributed by atoms with Crippen LogP contribution in [-0.4, -0.2) is 13.1 Å². The molecule has 0 aromatic carbocycles. The van der Waals surface area contributed by atoms with E-state index in [1.54, 1.807) is 7.05 Å². The first-order chi connectivity index (χ1) is 4.84. The van der Waals surface area contributed by atoms with Crippen LogP contribution in [0.1, 0.15) is 13.3 Å². The van der Waals surface area contributed by atoms with Crippen LogP contribution in [0.3, 0.4) is 0 Å². The summed E-state index contributed by atoms with van der Waals surface area (Å²) in [4.78, 5) is 0. The molecule has 0 bridgehead atoms. The predicted molar refractivity (Wildman–Crippen MR) is 39.2 cm³/mol. The molecular formula is C5H15N5. The molecule has 1 rings (SSSR count). The second-order valence-electron chi connectivity index (χ2n) is 2.59. The monoisotopic (exact) mass is 145 g/mol. The van der Waals surface area contributed by atoms with Crippen molar-refractivity contribution < 1.29 is 0 Å². The van der Waals surface area contributed by atoms with Gasteiger partial charge in [0.05, 0.1) is 0 Å². The van der Waals surface area contributed by atoms with Crippen molar-refractivity contribution >= 4 is 0 Å². The average molecular weight is 145 g/mol. The van der Waals surface area contributed by atoms with Crippen molar-refractivity contribution in [2.45, 2.75) is 19.4 Å².